The number of nitro groups is 1. The van der Waals surface area contributed by atoms with Crippen LogP contribution in [0.2, 0.25) is 0 Å². The van der Waals surface area contributed by atoms with Gasteiger partial charge in [-0.15, -0.1) is 11.3 Å². The predicted octanol–water partition coefficient (Wildman–Crippen LogP) is 3.00. The highest BCUT2D eigenvalue weighted by atomic mass is 79.9. The van der Waals surface area contributed by atoms with Crippen molar-refractivity contribution < 1.29 is 13.3 Å². The highest BCUT2D eigenvalue weighted by molar-refractivity contribution is 9.11. The first kappa shape index (κ1) is 16.4. The van der Waals surface area contributed by atoms with Crippen molar-refractivity contribution in [2.24, 2.45) is 0 Å². The molecule has 2 heterocycles. The van der Waals surface area contributed by atoms with Crippen molar-refractivity contribution >= 4 is 59.3 Å². The van der Waals surface area contributed by atoms with Gasteiger partial charge in [0.1, 0.15) is 4.21 Å². The summed E-state index contributed by atoms with van der Waals surface area (Å²) in [4.78, 5) is 11.1. The highest BCUT2D eigenvalue weighted by Crippen LogP contribution is 2.36. The Labute approximate surface area is 137 Å². The molecule has 2 aromatic heterocycles. The maximum absolute atomic E-state index is 12.2. The largest absolute Gasteiger partial charge is 0.374 e. The second kappa shape index (κ2) is 6.40. The van der Waals surface area contributed by atoms with E-state index in [9.17, 15) is 18.5 Å². The molecule has 2 aromatic rings. The molecular weight excluding hydrogens is 402 g/mol. The third-order valence-electron chi connectivity index (χ3n) is 2.44. The van der Waals surface area contributed by atoms with E-state index in [1.807, 2.05) is 6.07 Å². The number of nitrogens with zero attached hydrogens (tertiary/aromatic N) is 1. The van der Waals surface area contributed by atoms with Crippen LogP contribution in [0.4, 0.5) is 10.7 Å². The molecule has 2 rings (SSSR count). The fraction of sp³-hybridized carbons (Fsp3) is 0.200. The maximum atomic E-state index is 12.2. The van der Waals surface area contributed by atoms with Crippen LogP contribution < -0.4 is 10.0 Å². The van der Waals surface area contributed by atoms with E-state index in [1.165, 1.54) is 18.4 Å². The molecule has 0 aliphatic heterocycles. The first-order chi connectivity index (χ1) is 9.83. The number of halogens is 1. The lowest BCUT2D eigenvalue weighted by molar-refractivity contribution is -0.383. The topological polar surface area (TPSA) is 101 Å². The summed E-state index contributed by atoms with van der Waals surface area (Å²) in [6.45, 7) is 0.138. The molecule has 0 aromatic carbocycles. The molecule has 0 radical (unpaired) electrons. The number of nitrogens with one attached hydrogen (secondary N) is 2. The molecule has 0 bridgehead atoms. The van der Waals surface area contributed by atoms with Crippen molar-refractivity contribution in [3.05, 3.63) is 37.0 Å². The van der Waals surface area contributed by atoms with E-state index < -0.39 is 14.9 Å². The molecule has 11 heteroatoms. The van der Waals surface area contributed by atoms with Crippen molar-refractivity contribution in [1.82, 2.24) is 4.72 Å². The Kier molecular flexibility index (Phi) is 4.99. The Hall–Kier alpha value is -1.01. The van der Waals surface area contributed by atoms with Gasteiger partial charge in [-0.25, -0.2) is 13.1 Å². The lowest BCUT2D eigenvalue weighted by atomic mass is 10.5. The van der Waals surface area contributed by atoms with Crippen LogP contribution in [0.5, 0.6) is 0 Å². The van der Waals surface area contributed by atoms with E-state index in [0.29, 0.717) is 0 Å². The van der Waals surface area contributed by atoms with Crippen LogP contribution in [0.15, 0.2) is 26.2 Å². The van der Waals surface area contributed by atoms with Gasteiger partial charge in [0, 0.05) is 24.5 Å². The van der Waals surface area contributed by atoms with Gasteiger partial charge in [-0.3, -0.25) is 10.1 Å². The van der Waals surface area contributed by atoms with Crippen molar-refractivity contribution in [3.63, 3.8) is 0 Å². The number of sulfonamides is 1. The van der Waals surface area contributed by atoms with Gasteiger partial charge in [0.15, 0.2) is 5.00 Å². The molecule has 0 unspecified atom stereocenters. The lowest BCUT2D eigenvalue weighted by Gasteiger charge is -2.02. The second-order valence-corrected chi connectivity index (χ2v) is 9.41. The average molecular weight is 412 g/mol. The molecule has 0 spiro atoms. The smallest absolute Gasteiger partial charge is 0.304 e. The van der Waals surface area contributed by atoms with Crippen LogP contribution in [0.3, 0.4) is 0 Å². The van der Waals surface area contributed by atoms with Gasteiger partial charge in [0.2, 0.25) is 0 Å². The fourth-order valence-electron chi connectivity index (χ4n) is 1.49. The zero-order chi connectivity index (χ0) is 15.6. The first-order valence-corrected chi connectivity index (χ1v) is 9.44. The minimum Gasteiger partial charge on any atom is -0.374 e. The number of anilines is 1. The molecule has 0 aliphatic rings. The van der Waals surface area contributed by atoms with Crippen LogP contribution in [-0.2, 0) is 16.6 Å². The van der Waals surface area contributed by atoms with Gasteiger partial charge < -0.3 is 5.32 Å². The lowest BCUT2D eigenvalue weighted by Crippen LogP contribution is -2.21. The zero-order valence-corrected chi connectivity index (χ0v) is 14.7. The van der Waals surface area contributed by atoms with Crippen molar-refractivity contribution in [1.29, 1.82) is 0 Å². The second-order valence-electron chi connectivity index (χ2n) is 3.82. The number of rotatable bonds is 6. The maximum Gasteiger partial charge on any atom is 0.304 e. The Morgan fingerprint density at radius 2 is 2.10 bits per heavy atom. The molecule has 0 aliphatic carbocycles. The summed E-state index contributed by atoms with van der Waals surface area (Å²) in [5.74, 6) is 0. The van der Waals surface area contributed by atoms with Crippen LogP contribution in [0.1, 0.15) is 4.88 Å². The van der Waals surface area contributed by atoms with Gasteiger partial charge >= 0.3 is 5.69 Å². The van der Waals surface area contributed by atoms with Gasteiger partial charge in [0.25, 0.3) is 10.0 Å². The van der Waals surface area contributed by atoms with E-state index in [4.69, 9.17) is 0 Å². The van der Waals surface area contributed by atoms with Crippen LogP contribution in [0.25, 0.3) is 0 Å². The van der Waals surface area contributed by atoms with Gasteiger partial charge in [-0.05, 0) is 28.1 Å². The molecule has 0 saturated carbocycles. The Morgan fingerprint density at radius 3 is 2.57 bits per heavy atom. The molecule has 0 saturated heterocycles. The summed E-state index contributed by atoms with van der Waals surface area (Å²) in [7, 11) is -2.27. The van der Waals surface area contributed by atoms with E-state index in [-0.39, 0.29) is 21.4 Å². The molecule has 2 N–H and O–H groups in total. The highest BCUT2D eigenvalue weighted by Gasteiger charge is 2.25. The zero-order valence-electron chi connectivity index (χ0n) is 10.6. The van der Waals surface area contributed by atoms with E-state index >= 15 is 0 Å². The summed E-state index contributed by atoms with van der Waals surface area (Å²) >= 11 is 5.54. The van der Waals surface area contributed by atoms with Crippen molar-refractivity contribution in [3.8, 4) is 0 Å². The SMILES string of the molecule is CNc1sc(S(=O)(=O)NCc2ccc(Br)s2)cc1[N+](=O)[O-]. The van der Waals surface area contributed by atoms with Crippen LogP contribution in [-0.4, -0.2) is 20.4 Å². The van der Waals surface area contributed by atoms with Crippen LogP contribution in [0, 0.1) is 10.1 Å². The summed E-state index contributed by atoms with van der Waals surface area (Å²) in [6.07, 6.45) is 0. The van der Waals surface area contributed by atoms with E-state index in [0.717, 1.165) is 26.1 Å². The fourth-order valence-corrected chi connectivity index (χ4v) is 5.34. The van der Waals surface area contributed by atoms with Crippen molar-refractivity contribution in [2.75, 3.05) is 12.4 Å². The minimum absolute atomic E-state index is 0.0887. The standard InChI is InChI=1S/C10H10BrN3O4S3/c1-12-10-7(14(15)16)4-9(20-10)21(17,18)13-5-6-2-3-8(11)19-6/h2-4,12-13H,5H2,1H3. The minimum atomic E-state index is -3.78. The Balaban J connectivity index is 2.21. The molecular formula is C10H10BrN3O4S3. The predicted molar refractivity (Wildman–Crippen MR) is 86.6 cm³/mol. The monoisotopic (exact) mass is 411 g/mol. The molecule has 21 heavy (non-hydrogen) atoms. The third-order valence-corrected chi connectivity index (χ3v) is 7.08. The van der Waals surface area contributed by atoms with E-state index in [2.05, 4.69) is 26.0 Å². The number of hydrogen-bond donors (Lipinski definition) is 2. The molecule has 114 valence electrons. The first-order valence-electron chi connectivity index (χ1n) is 5.53. The number of hydrogen-bond acceptors (Lipinski definition) is 7. The Morgan fingerprint density at radius 1 is 1.38 bits per heavy atom. The average Bonchev–Trinajstić information content (AvgIpc) is 3.02. The van der Waals surface area contributed by atoms with E-state index in [1.54, 1.807) is 6.07 Å². The Bertz CT molecular complexity index is 768. The number of thiophene rings is 2. The summed E-state index contributed by atoms with van der Waals surface area (Å²) < 4.78 is 27.6. The van der Waals surface area contributed by atoms with Gasteiger partial charge in [-0.2, -0.15) is 0 Å². The molecule has 0 fully saturated rings. The summed E-state index contributed by atoms with van der Waals surface area (Å²) in [5.41, 5.74) is -0.248. The third kappa shape index (κ3) is 3.80. The quantitative estimate of drug-likeness (QED) is 0.561. The molecule has 7 nitrogen and oxygen atoms in total. The normalized spacial score (nSPS) is 11.5. The van der Waals surface area contributed by atoms with Gasteiger partial charge in [0.05, 0.1) is 8.71 Å². The van der Waals surface area contributed by atoms with Crippen LogP contribution >= 0.6 is 38.6 Å². The summed E-state index contributed by atoms with van der Waals surface area (Å²) in [6, 6.07) is 4.68. The molecule has 0 amide bonds. The van der Waals surface area contributed by atoms with Crippen molar-refractivity contribution in [2.45, 2.75) is 10.8 Å². The van der Waals surface area contributed by atoms with Gasteiger partial charge in [-0.1, -0.05) is 11.3 Å². The summed E-state index contributed by atoms with van der Waals surface area (Å²) in [5, 5.41) is 13.7. The molecule has 0 atom stereocenters.